The molecule has 108 valence electrons. The number of carbonyl (C=O) groups excluding carboxylic acids is 1. The number of hydrogen-bond acceptors (Lipinski definition) is 3. The second-order valence-corrected chi connectivity index (χ2v) is 5.99. The van der Waals surface area contributed by atoms with Gasteiger partial charge < -0.3 is 10.2 Å². The zero-order valence-corrected chi connectivity index (χ0v) is 12.7. The number of benzene rings is 1. The van der Waals surface area contributed by atoms with E-state index in [1.165, 1.54) is 0 Å². The first-order chi connectivity index (χ1) is 9.31. The highest BCUT2D eigenvalue weighted by Gasteiger charge is 2.12. The SMILES string of the molecule is CN(Cc1ccc(C#N)cc1)C(=O)CCNC(C)(C)C. The average Bonchev–Trinajstić information content (AvgIpc) is 2.38. The number of hydrogen-bond donors (Lipinski definition) is 1. The first kappa shape index (κ1) is 16.2. The Kier molecular flexibility index (Phi) is 5.72. The van der Waals surface area contributed by atoms with Crippen LogP contribution in [0.15, 0.2) is 24.3 Å². The van der Waals surface area contributed by atoms with Crippen molar-refractivity contribution in [2.45, 2.75) is 39.3 Å². The predicted octanol–water partition coefficient (Wildman–Crippen LogP) is 2.29. The molecule has 0 aliphatic rings. The normalized spacial score (nSPS) is 10.9. The van der Waals surface area contributed by atoms with E-state index in [1.807, 2.05) is 12.1 Å². The van der Waals surface area contributed by atoms with Gasteiger partial charge in [-0.2, -0.15) is 5.26 Å². The standard InChI is InChI=1S/C16H23N3O/c1-16(2,3)18-10-9-15(20)19(4)12-14-7-5-13(11-17)6-8-14/h5-8,18H,9-10,12H2,1-4H3. The summed E-state index contributed by atoms with van der Waals surface area (Å²) >= 11 is 0. The van der Waals surface area contributed by atoms with Crippen LogP contribution >= 0.6 is 0 Å². The van der Waals surface area contributed by atoms with Gasteiger partial charge in [-0.25, -0.2) is 0 Å². The Morgan fingerprint density at radius 1 is 1.30 bits per heavy atom. The summed E-state index contributed by atoms with van der Waals surface area (Å²) in [6, 6.07) is 9.40. The summed E-state index contributed by atoms with van der Waals surface area (Å²) in [5.74, 6) is 0.117. The summed E-state index contributed by atoms with van der Waals surface area (Å²) in [4.78, 5) is 13.7. The van der Waals surface area contributed by atoms with Gasteiger partial charge >= 0.3 is 0 Å². The number of carbonyl (C=O) groups is 1. The van der Waals surface area contributed by atoms with E-state index in [2.05, 4.69) is 32.2 Å². The molecule has 0 spiro atoms. The molecule has 0 unspecified atom stereocenters. The maximum absolute atomic E-state index is 12.0. The largest absolute Gasteiger partial charge is 0.341 e. The lowest BCUT2D eigenvalue weighted by atomic mass is 10.1. The first-order valence-electron chi connectivity index (χ1n) is 6.80. The van der Waals surface area contributed by atoms with E-state index in [-0.39, 0.29) is 11.4 Å². The number of nitriles is 1. The lowest BCUT2D eigenvalue weighted by Gasteiger charge is -2.22. The summed E-state index contributed by atoms with van der Waals surface area (Å²) in [7, 11) is 1.80. The van der Waals surface area contributed by atoms with Crippen LogP contribution < -0.4 is 5.32 Å². The average molecular weight is 273 g/mol. The highest BCUT2D eigenvalue weighted by Crippen LogP contribution is 2.07. The Labute approximate surface area is 121 Å². The maximum Gasteiger partial charge on any atom is 0.223 e. The Morgan fingerprint density at radius 3 is 2.40 bits per heavy atom. The van der Waals surface area contributed by atoms with E-state index < -0.39 is 0 Å². The topological polar surface area (TPSA) is 56.1 Å². The zero-order valence-electron chi connectivity index (χ0n) is 12.7. The minimum absolute atomic E-state index is 0.0337. The summed E-state index contributed by atoms with van der Waals surface area (Å²) in [5.41, 5.74) is 1.70. The molecule has 4 nitrogen and oxygen atoms in total. The van der Waals surface area contributed by atoms with Crippen molar-refractivity contribution in [1.82, 2.24) is 10.2 Å². The third-order valence-corrected chi connectivity index (χ3v) is 2.92. The lowest BCUT2D eigenvalue weighted by molar-refractivity contribution is -0.130. The van der Waals surface area contributed by atoms with Crippen LogP contribution in [0, 0.1) is 11.3 Å². The summed E-state index contributed by atoms with van der Waals surface area (Å²) < 4.78 is 0. The van der Waals surface area contributed by atoms with Crippen LogP contribution in [0.4, 0.5) is 0 Å². The molecule has 0 aliphatic heterocycles. The van der Waals surface area contributed by atoms with Gasteiger partial charge in [-0.15, -0.1) is 0 Å². The molecule has 0 fully saturated rings. The maximum atomic E-state index is 12.0. The van der Waals surface area contributed by atoms with Crippen molar-refractivity contribution in [3.63, 3.8) is 0 Å². The molecular weight excluding hydrogens is 250 g/mol. The van der Waals surface area contributed by atoms with E-state index >= 15 is 0 Å². The van der Waals surface area contributed by atoms with Gasteiger partial charge in [-0.05, 0) is 38.5 Å². The lowest BCUT2D eigenvalue weighted by Crippen LogP contribution is -2.38. The molecule has 0 bridgehead atoms. The Hall–Kier alpha value is -1.86. The van der Waals surface area contributed by atoms with E-state index in [0.29, 0.717) is 25.1 Å². The fourth-order valence-corrected chi connectivity index (χ4v) is 1.78. The molecule has 0 radical (unpaired) electrons. The second-order valence-electron chi connectivity index (χ2n) is 5.99. The Bertz CT molecular complexity index is 480. The van der Waals surface area contributed by atoms with Crippen LogP contribution in [0.25, 0.3) is 0 Å². The zero-order chi connectivity index (χ0) is 15.2. The van der Waals surface area contributed by atoms with Gasteiger partial charge in [0.2, 0.25) is 5.91 Å². The number of nitrogens with one attached hydrogen (secondary N) is 1. The fraction of sp³-hybridized carbons (Fsp3) is 0.500. The van der Waals surface area contributed by atoms with E-state index in [0.717, 1.165) is 5.56 Å². The highest BCUT2D eigenvalue weighted by atomic mass is 16.2. The van der Waals surface area contributed by atoms with Crippen molar-refractivity contribution in [1.29, 1.82) is 5.26 Å². The number of nitrogens with zero attached hydrogens (tertiary/aromatic N) is 2. The molecule has 1 N–H and O–H groups in total. The van der Waals surface area contributed by atoms with E-state index in [1.54, 1.807) is 24.1 Å². The fourth-order valence-electron chi connectivity index (χ4n) is 1.78. The number of amides is 1. The molecule has 1 amide bonds. The molecule has 0 atom stereocenters. The van der Waals surface area contributed by atoms with Crippen molar-refractivity contribution >= 4 is 5.91 Å². The third kappa shape index (κ3) is 5.85. The van der Waals surface area contributed by atoms with Gasteiger partial charge in [0.15, 0.2) is 0 Å². The molecule has 1 aromatic carbocycles. The predicted molar refractivity (Wildman–Crippen MR) is 80.0 cm³/mol. The minimum atomic E-state index is 0.0337. The van der Waals surface area contributed by atoms with Crippen molar-refractivity contribution in [3.8, 4) is 6.07 Å². The molecule has 4 heteroatoms. The van der Waals surface area contributed by atoms with Crippen molar-refractivity contribution in [2.75, 3.05) is 13.6 Å². The van der Waals surface area contributed by atoms with Crippen LogP contribution in [0.2, 0.25) is 0 Å². The molecule has 0 aliphatic carbocycles. The van der Waals surface area contributed by atoms with Gasteiger partial charge in [0.05, 0.1) is 11.6 Å². The van der Waals surface area contributed by atoms with Crippen molar-refractivity contribution < 1.29 is 4.79 Å². The van der Waals surface area contributed by atoms with Crippen LogP contribution in [0.3, 0.4) is 0 Å². The monoisotopic (exact) mass is 273 g/mol. The van der Waals surface area contributed by atoms with Crippen LogP contribution in [0.5, 0.6) is 0 Å². The van der Waals surface area contributed by atoms with Crippen LogP contribution in [-0.4, -0.2) is 29.9 Å². The quantitative estimate of drug-likeness (QED) is 0.895. The van der Waals surface area contributed by atoms with E-state index in [4.69, 9.17) is 5.26 Å². The van der Waals surface area contributed by atoms with Crippen LogP contribution in [-0.2, 0) is 11.3 Å². The highest BCUT2D eigenvalue weighted by molar-refractivity contribution is 5.76. The Balaban J connectivity index is 2.43. The first-order valence-corrected chi connectivity index (χ1v) is 6.80. The molecule has 0 saturated heterocycles. The molecule has 20 heavy (non-hydrogen) atoms. The van der Waals surface area contributed by atoms with Gasteiger partial charge in [0, 0.05) is 32.1 Å². The summed E-state index contributed by atoms with van der Waals surface area (Å²) in [6.45, 7) is 7.49. The second kappa shape index (κ2) is 7.06. The van der Waals surface area contributed by atoms with E-state index in [9.17, 15) is 4.79 Å². The van der Waals surface area contributed by atoms with Gasteiger partial charge in [0.25, 0.3) is 0 Å². The molecule has 0 aromatic heterocycles. The van der Waals surface area contributed by atoms with Gasteiger partial charge in [-0.1, -0.05) is 12.1 Å². The molecule has 1 aromatic rings. The molecule has 0 saturated carbocycles. The number of rotatable bonds is 5. The van der Waals surface area contributed by atoms with Crippen molar-refractivity contribution in [3.05, 3.63) is 35.4 Å². The molecular formula is C16H23N3O. The smallest absolute Gasteiger partial charge is 0.223 e. The summed E-state index contributed by atoms with van der Waals surface area (Å²) in [6.07, 6.45) is 0.490. The molecule has 0 heterocycles. The van der Waals surface area contributed by atoms with Crippen LogP contribution in [0.1, 0.15) is 38.3 Å². The minimum Gasteiger partial charge on any atom is -0.341 e. The van der Waals surface area contributed by atoms with Gasteiger partial charge in [0.1, 0.15) is 0 Å². The third-order valence-electron chi connectivity index (χ3n) is 2.92. The van der Waals surface area contributed by atoms with Gasteiger partial charge in [-0.3, -0.25) is 4.79 Å². The molecule has 1 rings (SSSR count). The van der Waals surface area contributed by atoms with Crippen molar-refractivity contribution in [2.24, 2.45) is 0 Å². The Morgan fingerprint density at radius 2 is 1.90 bits per heavy atom. The summed E-state index contributed by atoms with van der Waals surface area (Å²) in [5, 5.41) is 12.0.